The van der Waals surface area contributed by atoms with E-state index in [0.29, 0.717) is 19.0 Å². The molecule has 3 atom stereocenters. The summed E-state index contributed by atoms with van der Waals surface area (Å²) in [6, 6.07) is 8.04. The monoisotopic (exact) mass is 428 g/mol. The van der Waals surface area contributed by atoms with Crippen LogP contribution in [0.15, 0.2) is 24.3 Å². The maximum Gasteiger partial charge on any atom is 0.238 e. The number of amides is 2. The maximum absolute atomic E-state index is 12.6. The van der Waals surface area contributed by atoms with Crippen LogP contribution in [0.25, 0.3) is 0 Å². The quantitative estimate of drug-likeness (QED) is 0.698. The average molecular weight is 429 g/mol. The molecule has 1 aliphatic carbocycles. The van der Waals surface area contributed by atoms with Gasteiger partial charge in [-0.15, -0.1) is 0 Å². The molecule has 0 aromatic heterocycles. The number of hydrogen-bond donors (Lipinski definition) is 2. The highest BCUT2D eigenvalue weighted by molar-refractivity contribution is 5.92. The first-order valence-corrected chi connectivity index (χ1v) is 11.8. The lowest BCUT2D eigenvalue weighted by atomic mass is 9.97. The Hall–Kier alpha value is -2.12. The molecule has 3 aliphatic rings. The Balaban J connectivity index is 1.24. The van der Waals surface area contributed by atoms with Gasteiger partial charge >= 0.3 is 0 Å². The fourth-order valence-corrected chi connectivity index (χ4v) is 4.67. The van der Waals surface area contributed by atoms with E-state index in [-0.39, 0.29) is 29.9 Å². The van der Waals surface area contributed by atoms with Crippen LogP contribution in [0, 0.1) is 11.8 Å². The molecular formula is C24H36N4O3. The predicted octanol–water partition coefficient (Wildman–Crippen LogP) is 2.48. The molecule has 2 saturated heterocycles. The molecule has 3 fully saturated rings. The summed E-state index contributed by atoms with van der Waals surface area (Å²) in [5.41, 5.74) is 1.95. The van der Waals surface area contributed by atoms with Gasteiger partial charge in [0.2, 0.25) is 11.8 Å². The van der Waals surface area contributed by atoms with Gasteiger partial charge < -0.3 is 20.3 Å². The van der Waals surface area contributed by atoms with E-state index in [9.17, 15) is 9.59 Å². The Morgan fingerprint density at radius 3 is 2.42 bits per heavy atom. The van der Waals surface area contributed by atoms with E-state index in [4.69, 9.17) is 4.74 Å². The molecule has 4 rings (SSSR count). The molecule has 0 radical (unpaired) electrons. The molecule has 31 heavy (non-hydrogen) atoms. The molecule has 7 nitrogen and oxygen atoms in total. The van der Waals surface area contributed by atoms with Gasteiger partial charge in [-0.05, 0) is 76.3 Å². The van der Waals surface area contributed by atoms with Crippen molar-refractivity contribution in [1.29, 1.82) is 0 Å². The number of carbonyl (C=O) groups is 2. The summed E-state index contributed by atoms with van der Waals surface area (Å²) in [6.07, 6.45) is 4.78. The molecule has 0 spiro atoms. The number of nitrogens with one attached hydrogen (secondary N) is 2. The molecule has 1 aromatic rings. The number of morpholine rings is 1. The number of carbonyl (C=O) groups excluding carboxylic acids is 2. The Kier molecular flexibility index (Phi) is 7.13. The first-order valence-electron chi connectivity index (χ1n) is 11.8. The van der Waals surface area contributed by atoms with Crippen molar-refractivity contribution in [3.05, 3.63) is 24.3 Å². The highest BCUT2D eigenvalue weighted by Crippen LogP contribution is 2.28. The van der Waals surface area contributed by atoms with Crippen LogP contribution in [0.3, 0.4) is 0 Å². The Morgan fingerprint density at radius 1 is 1.03 bits per heavy atom. The van der Waals surface area contributed by atoms with Gasteiger partial charge in [0.05, 0.1) is 24.7 Å². The van der Waals surface area contributed by atoms with Gasteiger partial charge in [-0.3, -0.25) is 14.5 Å². The van der Waals surface area contributed by atoms with Gasteiger partial charge in [0.1, 0.15) is 0 Å². The third kappa shape index (κ3) is 6.43. The van der Waals surface area contributed by atoms with E-state index in [2.05, 4.69) is 46.4 Å². The Labute approximate surface area is 185 Å². The van der Waals surface area contributed by atoms with Crippen molar-refractivity contribution in [2.45, 2.75) is 51.7 Å². The van der Waals surface area contributed by atoms with E-state index >= 15 is 0 Å². The lowest BCUT2D eigenvalue weighted by Crippen LogP contribution is -2.45. The van der Waals surface area contributed by atoms with Crippen molar-refractivity contribution in [3.8, 4) is 0 Å². The molecule has 1 aromatic carbocycles. The predicted molar refractivity (Wildman–Crippen MR) is 122 cm³/mol. The second kappa shape index (κ2) is 10.0. The number of hydrogen-bond acceptors (Lipinski definition) is 5. The number of likely N-dealkylation sites (tertiary alicyclic amines) is 1. The maximum atomic E-state index is 12.6. The molecule has 2 amide bonds. The van der Waals surface area contributed by atoms with Crippen molar-refractivity contribution in [2.24, 2.45) is 11.8 Å². The average Bonchev–Trinajstić information content (AvgIpc) is 3.56. The first-order chi connectivity index (χ1) is 15.0. The molecule has 0 bridgehead atoms. The lowest BCUT2D eigenvalue weighted by Gasteiger charge is -2.36. The number of piperidine rings is 1. The van der Waals surface area contributed by atoms with E-state index in [1.165, 1.54) is 12.8 Å². The molecule has 2 N–H and O–H groups in total. The fourth-order valence-electron chi connectivity index (χ4n) is 4.67. The SMILES string of the molecule is CC1CN(c2ccc(NC(=O)CN3CCCC(C(=O)NCC4CC4)C3)cc2)CC(C)O1. The lowest BCUT2D eigenvalue weighted by molar-refractivity contribution is -0.128. The van der Waals surface area contributed by atoms with Crippen LogP contribution in [-0.2, 0) is 14.3 Å². The normalized spacial score (nSPS) is 27.0. The van der Waals surface area contributed by atoms with Gasteiger partial charge in [0.15, 0.2) is 0 Å². The summed E-state index contributed by atoms with van der Waals surface area (Å²) in [7, 11) is 0. The smallest absolute Gasteiger partial charge is 0.238 e. The molecule has 3 unspecified atom stereocenters. The number of benzene rings is 1. The zero-order valence-corrected chi connectivity index (χ0v) is 18.8. The van der Waals surface area contributed by atoms with Crippen LogP contribution in [0.4, 0.5) is 11.4 Å². The second-order valence-electron chi connectivity index (χ2n) is 9.52. The number of ether oxygens (including phenoxy) is 1. The summed E-state index contributed by atoms with van der Waals surface area (Å²) in [4.78, 5) is 29.4. The van der Waals surface area contributed by atoms with Gasteiger partial charge in [-0.1, -0.05) is 0 Å². The van der Waals surface area contributed by atoms with Crippen molar-refractivity contribution in [1.82, 2.24) is 10.2 Å². The summed E-state index contributed by atoms with van der Waals surface area (Å²) >= 11 is 0. The molecular weight excluding hydrogens is 392 g/mol. The van der Waals surface area contributed by atoms with Crippen molar-refractivity contribution in [3.63, 3.8) is 0 Å². The Bertz CT molecular complexity index is 755. The van der Waals surface area contributed by atoms with Crippen LogP contribution in [0.1, 0.15) is 39.5 Å². The number of rotatable bonds is 7. The summed E-state index contributed by atoms with van der Waals surface area (Å²) < 4.78 is 5.81. The zero-order valence-electron chi connectivity index (χ0n) is 18.8. The van der Waals surface area contributed by atoms with Crippen LogP contribution < -0.4 is 15.5 Å². The highest BCUT2D eigenvalue weighted by atomic mass is 16.5. The fraction of sp³-hybridized carbons (Fsp3) is 0.667. The third-order valence-electron chi connectivity index (χ3n) is 6.44. The summed E-state index contributed by atoms with van der Waals surface area (Å²) in [6.45, 7) is 8.61. The molecule has 2 heterocycles. The molecule has 7 heteroatoms. The van der Waals surface area contributed by atoms with Gasteiger partial charge in [0.25, 0.3) is 0 Å². The topological polar surface area (TPSA) is 73.9 Å². The van der Waals surface area contributed by atoms with E-state index in [1.54, 1.807) is 0 Å². The van der Waals surface area contributed by atoms with Gasteiger partial charge in [-0.25, -0.2) is 0 Å². The molecule has 170 valence electrons. The summed E-state index contributed by atoms with van der Waals surface area (Å²) in [5, 5.41) is 6.09. The van der Waals surface area contributed by atoms with Crippen molar-refractivity contribution in [2.75, 3.05) is 49.5 Å². The first kappa shape index (κ1) is 22.1. The summed E-state index contributed by atoms with van der Waals surface area (Å²) in [5.74, 6) is 0.813. The van der Waals surface area contributed by atoms with Crippen molar-refractivity contribution < 1.29 is 14.3 Å². The standard InChI is InChI=1S/C24H36N4O3/c1-17-13-28(14-18(2)31-17)22-9-7-21(8-10-22)26-23(29)16-27-11-3-4-20(15-27)24(30)25-12-19-5-6-19/h7-10,17-20H,3-6,11-16H2,1-2H3,(H,25,30)(H,26,29). The second-order valence-corrected chi connectivity index (χ2v) is 9.52. The molecule has 1 saturated carbocycles. The van der Waals surface area contributed by atoms with E-state index in [1.807, 2.05) is 12.1 Å². The Morgan fingerprint density at radius 2 is 1.74 bits per heavy atom. The minimum atomic E-state index is -0.0274. The third-order valence-corrected chi connectivity index (χ3v) is 6.44. The van der Waals surface area contributed by atoms with Crippen LogP contribution in [0.5, 0.6) is 0 Å². The van der Waals surface area contributed by atoms with Crippen molar-refractivity contribution >= 4 is 23.2 Å². The minimum Gasteiger partial charge on any atom is -0.372 e. The van der Waals surface area contributed by atoms with Gasteiger partial charge in [-0.2, -0.15) is 0 Å². The van der Waals surface area contributed by atoms with Gasteiger partial charge in [0, 0.05) is 37.6 Å². The number of anilines is 2. The van der Waals surface area contributed by atoms with E-state index in [0.717, 1.165) is 50.4 Å². The van der Waals surface area contributed by atoms with Crippen LogP contribution in [-0.4, -0.2) is 68.2 Å². The van der Waals surface area contributed by atoms with Crippen LogP contribution in [0.2, 0.25) is 0 Å². The van der Waals surface area contributed by atoms with E-state index < -0.39 is 0 Å². The van der Waals surface area contributed by atoms with Crippen LogP contribution >= 0.6 is 0 Å². The minimum absolute atomic E-state index is 0.00195. The molecule has 2 aliphatic heterocycles. The zero-order chi connectivity index (χ0) is 21.8. The highest BCUT2D eigenvalue weighted by Gasteiger charge is 2.29. The number of nitrogens with zero attached hydrogens (tertiary/aromatic N) is 2. The largest absolute Gasteiger partial charge is 0.372 e.